The Morgan fingerprint density at radius 2 is 2.09 bits per heavy atom. The quantitative estimate of drug-likeness (QED) is 0.624. The summed E-state index contributed by atoms with van der Waals surface area (Å²) >= 11 is 0.274. The normalized spacial score (nSPS) is 11.3. The molecule has 0 aliphatic heterocycles. The predicted octanol–water partition coefficient (Wildman–Crippen LogP) is 1.90. The fourth-order valence-corrected chi connectivity index (χ4v) is 0.995. The van der Waals surface area contributed by atoms with Gasteiger partial charge in [-0.2, -0.15) is 8.78 Å². The molecule has 66 valence electrons. The van der Waals surface area contributed by atoms with Crippen LogP contribution in [0.15, 0.2) is 0 Å². The van der Waals surface area contributed by atoms with Crippen molar-refractivity contribution in [1.29, 1.82) is 0 Å². The molecule has 0 saturated carbocycles. The highest BCUT2D eigenvalue weighted by Gasteiger charge is 2.40. The highest BCUT2D eigenvalue weighted by Crippen LogP contribution is 2.29. The molecule has 11 heavy (non-hydrogen) atoms. The second kappa shape index (κ2) is 4.54. The number of alkyl halides is 2. The Labute approximate surface area is 68.3 Å². The molecule has 0 N–H and O–H groups in total. The highest BCUT2D eigenvalue weighted by atomic mass is 32.2. The SMILES string of the molecule is CCOC(=O)C(F)(F)SCC. The molecule has 0 spiro atoms. The number of hydrogen-bond donors (Lipinski definition) is 0. The summed E-state index contributed by atoms with van der Waals surface area (Å²) in [5.41, 5.74) is 0. The van der Waals surface area contributed by atoms with Crippen LogP contribution in [0.4, 0.5) is 8.78 Å². The van der Waals surface area contributed by atoms with E-state index in [9.17, 15) is 13.6 Å². The minimum absolute atomic E-state index is 0.0152. The molecule has 0 aromatic rings. The predicted molar refractivity (Wildman–Crippen MR) is 39.7 cm³/mol. The van der Waals surface area contributed by atoms with Crippen molar-refractivity contribution >= 4 is 17.7 Å². The van der Waals surface area contributed by atoms with Gasteiger partial charge in [-0.25, -0.2) is 4.79 Å². The number of thioether (sulfide) groups is 1. The zero-order chi connectivity index (χ0) is 8.91. The Bertz CT molecular complexity index is 139. The second-order valence-electron chi connectivity index (χ2n) is 1.67. The van der Waals surface area contributed by atoms with E-state index in [-0.39, 0.29) is 24.1 Å². The van der Waals surface area contributed by atoms with E-state index in [2.05, 4.69) is 4.74 Å². The van der Waals surface area contributed by atoms with E-state index in [0.717, 1.165) is 0 Å². The molecule has 0 radical (unpaired) electrons. The molecule has 0 atom stereocenters. The molecule has 0 aliphatic carbocycles. The summed E-state index contributed by atoms with van der Waals surface area (Å²) in [7, 11) is 0. The molecule has 0 fully saturated rings. The summed E-state index contributed by atoms with van der Waals surface area (Å²) < 4.78 is 29.1. The minimum atomic E-state index is -3.38. The molecule has 5 heteroatoms. The third-order valence-corrected chi connectivity index (χ3v) is 1.66. The van der Waals surface area contributed by atoms with Crippen molar-refractivity contribution in [2.45, 2.75) is 19.1 Å². The van der Waals surface area contributed by atoms with Gasteiger partial charge >= 0.3 is 11.2 Å². The first-order valence-electron chi connectivity index (χ1n) is 3.23. The standard InChI is InChI=1S/C6H10F2O2S/c1-3-10-5(9)6(7,8)11-4-2/h3-4H2,1-2H3. The van der Waals surface area contributed by atoms with Crippen LogP contribution >= 0.6 is 11.8 Å². The average molecular weight is 184 g/mol. The number of esters is 1. The average Bonchev–Trinajstić information content (AvgIpc) is 1.88. The van der Waals surface area contributed by atoms with Crippen molar-refractivity contribution in [3.8, 4) is 0 Å². The highest BCUT2D eigenvalue weighted by molar-refractivity contribution is 8.01. The van der Waals surface area contributed by atoms with Gasteiger partial charge in [0.05, 0.1) is 6.61 Å². The first-order chi connectivity index (χ1) is 5.04. The molecule has 0 rings (SSSR count). The van der Waals surface area contributed by atoms with Gasteiger partial charge in [0.25, 0.3) is 0 Å². The van der Waals surface area contributed by atoms with E-state index >= 15 is 0 Å². The molecule has 0 aromatic heterocycles. The van der Waals surface area contributed by atoms with Crippen LogP contribution in [0.5, 0.6) is 0 Å². The Kier molecular flexibility index (Phi) is 4.40. The zero-order valence-corrected chi connectivity index (χ0v) is 7.21. The van der Waals surface area contributed by atoms with Crippen LogP contribution in [-0.4, -0.2) is 23.6 Å². The van der Waals surface area contributed by atoms with E-state index < -0.39 is 11.2 Å². The monoisotopic (exact) mass is 184 g/mol. The summed E-state index contributed by atoms with van der Waals surface area (Å²) in [6, 6.07) is 0. The molecule has 0 saturated heterocycles. The van der Waals surface area contributed by atoms with Crippen molar-refractivity contribution in [3.05, 3.63) is 0 Å². The molecule has 0 bridgehead atoms. The van der Waals surface area contributed by atoms with Crippen molar-refractivity contribution < 1.29 is 18.3 Å². The fourth-order valence-electron chi connectivity index (χ4n) is 0.455. The Hall–Kier alpha value is -0.320. The number of carbonyl (C=O) groups is 1. The third-order valence-electron chi connectivity index (χ3n) is 0.839. The van der Waals surface area contributed by atoms with Crippen molar-refractivity contribution in [2.75, 3.05) is 12.4 Å². The number of rotatable bonds is 4. The fraction of sp³-hybridized carbons (Fsp3) is 0.833. The van der Waals surface area contributed by atoms with E-state index in [1.165, 1.54) is 6.92 Å². The Morgan fingerprint density at radius 1 is 1.55 bits per heavy atom. The van der Waals surface area contributed by atoms with Gasteiger partial charge in [-0.05, 0) is 12.7 Å². The molecule has 0 amide bonds. The van der Waals surface area contributed by atoms with Crippen LogP contribution in [0.2, 0.25) is 0 Å². The number of hydrogen-bond acceptors (Lipinski definition) is 3. The van der Waals surface area contributed by atoms with E-state index in [0.29, 0.717) is 0 Å². The zero-order valence-electron chi connectivity index (χ0n) is 6.39. The van der Waals surface area contributed by atoms with E-state index in [1.54, 1.807) is 6.92 Å². The number of ether oxygens (including phenoxy) is 1. The Balaban J connectivity index is 3.94. The maximum atomic E-state index is 12.5. The van der Waals surface area contributed by atoms with Crippen LogP contribution in [0.3, 0.4) is 0 Å². The number of halogens is 2. The second-order valence-corrected chi connectivity index (χ2v) is 3.05. The smallest absolute Gasteiger partial charge is 0.388 e. The maximum Gasteiger partial charge on any atom is 0.388 e. The lowest BCUT2D eigenvalue weighted by atomic mass is 10.7. The molecular formula is C6H10F2O2S. The van der Waals surface area contributed by atoms with Gasteiger partial charge in [-0.1, -0.05) is 18.7 Å². The van der Waals surface area contributed by atoms with Crippen molar-refractivity contribution in [2.24, 2.45) is 0 Å². The largest absolute Gasteiger partial charge is 0.461 e. The first kappa shape index (κ1) is 10.7. The maximum absolute atomic E-state index is 12.5. The minimum Gasteiger partial charge on any atom is -0.461 e. The van der Waals surface area contributed by atoms with Gasteiger partial charge < -0.3 is 4.74 Å². The molecule has 2 nitrogen and oxygen atoms in total. The van der Waals surface area contributed by atoms with Crippen LogP contribution in [0.1, 0.15) is 13.8 Å². The van der Waals surface area contributed by atoms with Gasteiger partial charge in [-0.15, -0.1) is 0 Å². The van der Waals surface area contributed by atoms with Gasteiger partial charge in [0, 0.05) is 0 Å². The molecular weight excluding hydrogens is 174 g/mol. The molecule has 0 aliphatic rings. The van der Waals surface area contributed by atoms with Gasteiger partial charge in [0.2, 0.25) is 0 Å². The van der Waals surface area contributed by atoms with E-state index in [1.807, 2.05) is 0 Å². The Morgan fingerprint density at radius 3 is 2.45 bits per heavy atom. The summed E-state index contributed by atoms with van der Waals surface area (Å²) in [6.45, 7) is 3.03. The lowest BCUT2D eigenvalue weighted by Gasteiger charge is -2.11. The topological polar surface area (TPSA) is 26.3 Å². The van der Waals surface area contributed by atoms with Crippen LogP contribution in [0.25, 0.3) is 0 Å². The van der Waals surface area contributed by atoms with Crippen LogP contribution in [-0.2, 0) is 9.53 Å². The molecule has 0 unspecified atom stereocenters. The molecule has 0 aromatic carbocycles. The van der Waals surface area contributed by atoms with Crippen LogP contribution in [0, 0.1) is 0 Å². The third kappa shape index (κ3) is 3.55. The molecule has 0 heterocycles. The van der Waals surface area contributed by atoms with Crippen molar-refractivity contribution in [3.63, 3.8) is 0 Å². The van der Waals surface area contributed by atoms with E-state index in [4.69, 9.17) is 0 Å². The van der Waals surface area contributed by atoms with Gasteiger partial charge in [0.15, 0.2) is 0 Å². The first-order valence-corrected chi connectivity index (χ1v) is 4.22. The lowest BCUT2D eigenvalue weighted by Crippen LogP contribution is -2.27. The number of carbonyl (C=O) groups excluding carboxylic acids is 1. The summed E-state index contributed by atoms with van der Waals surface area (Å²) in [6.07, 6.45) is 0. The summed E-state index contributed by atoms with van der Waals surface area (Å²) in [4.78, 5) is 10.5. The summed E-state index contributed by atoms with van der Waals surface area (Å²) in [5.74, 6) is -1.27. The van der Waals surface area contributed by atoms with Crippen molar-refractivity contribution in [1.82, 2.24) is 0 Å². The van der Waals surface area contributed by atoms with Crippen LogP contribution < -0.4 is 0 Å². The van der Waals surface area contributed by atoms with Gasteiger partial charge in [-0.3, -0.25) is 0 Å². The van der Waals surface area contributed by atoms with Gasteiger partial charge in [0.1, 0.15) is 0 Å². The lowest BCUT2D eigenvalue weighted by molar-refractivity contribution is -0.159. The summed E-state index contributed by atoms with van der Waals surface area (Å²) in [5, 5.41) is -3.38.